The summed E-state index contributed by atoms with van der Waals surface area (Å²) in [6, 6.07) is 11.9. The van der Waals surface area contributed by atoms with Gasteiger partial charge in [-0.05, 0) is 61.4 Å². The van der Waals surface area contributed by atoms with Crippen molar-refractivity contribution in [1.82, 2.24) is 0 Å². The minimum absolute atomic E-state index is 0.206. The highest BCUT2D eigenvalue weighted by Gasteiger charge is 2.14. The van der Waals surface area contributed by atoms with Crippen LogP contribution in [0.3, 0.4) is 0 Å². The summed E-state index contributed by atoms with van der Waals surface area (Å²) in [5.74, 6) is 0.621. The van der Waals surface area contributed by atoms with Gasteiger partial charge in [-0.2, -0.15) is 0 Å². The van der Waals surface area contributed by atoms with Crippen LogP contribution in [0, 0.1) is 13.8 Å². The van der Waals surface area contributed by atoms with E-state index in [4.69, 9.17) is 4.74 Å². The largest absolute Gasteiger partial charge is 0.497 e. The quantitative estimate of drug-likeness (QED) is 0.941. The molecule has 0 bridgehead atoms. The van der Waals surface area contributed by atoms with E-state index < -0.39 is 10.0 Å². The van der Waals surface area contributed by atoms with Crippen LogP contribution in [0.1, 0.15) is 11.1 Å². The molecule has 4 nitrogen and oxygen atoms in total. The van der Waals surface area contributed by atoms with Gasteiger partial charge in [-0.25, -0.2) is 8.42 Å². The molecule has 0 aliphatic carbocycles. The highest BCUT2D eigenvalue weighted by molar-refractivity contribution is 7.92. The second-order valence-corrected chi connectivity index (χ2v) is 6.34. The van der Waals surface area contributed by atoms with Crippen molar-refractivity contribution in [2.24, 2.45) is 0 Å². The number of methoxy groups -OCH3 is 1. The molecule has 0 unspecified atom stereocenters. The minimum atomic E-state index is -3.58. The molecule has 0 saturated carbocycles. The van der Waals surface area contributed by atoms with Crippen LogP contribution in [-0.2, 0) is 10.0 Å². The summed E-state index contributed by atoms with van der Waals surface area (Å²) < 4.78 is 32.1. The van der Waals surface area contributed by atoms with Crippen LogP contribution in [0.5, 0.6) is 5.75 Å². The van der Waals surface area contributed by atoms with Crippen molar-refractivity contribution >= 4 is 15.7 Å². The SMILES string of the molecule is COc1ccc(S(=O)(=O)Nc2cc(C)cc(C)c2)cc1. The first-order valence-corrected chi connectivity index (χ1v) is 7.64. The van der Waals surface area contributed by atoms with Crippen LogP contribution >= 0.6 is 0 Å². The molecule has 0 spiro atoms. The molecule has 20 heavy (non-hydrogen) atoms. The number of ether oxygens (including phenoxy) is 1. The lowest BCUT2D eigenvalue weighted by Crippen LogP contribution is -2.13. The summed E-state index contributed by atoms with van der Waals surface area (Å²) in [4.78, 5) is 0.206. The topological polar surface area (TPSA) is 55.4 Å². The molecular formula is C15H17NO3S. The zero-order chi connectivity index (χ0) is 14.8. The number of aryl methyl sites for hydroxylation is 2. The van der Waals surface area contributed by atoms with Gasteiger partial charge in [0, 0.05) is 5.69 Å². The Morgan fingerprint density at radius 3 is 2.00 bits per heavy atom. The average Bonchev–Trinajstić information content (AvgIpc) is 2.37. The molecule has 2 aromatic carbocycles. The maximum Gasteiger partial charge on any atom is 0.261 e. The zero-order valence-electron chi connectivity index (χ0n) is 11.7. The number of sulfonamides is 1. The minimum Gasteiger partial charge on any atom is -0.497 e. The summed E-state index contributed by atoms with van der Waals surface area (Å²) in [7, 11) is -2.04. The Kier molecular flexibility index (Phi) is 3.99. The average molecular weight is 291 g/mol. The standard InChI is InChI=1S/C15H17NO3S/c1-11-8-12(2)10-13(9-11)16-20(17,18)15-6-4-14(19-3)5-7-15/h4-10,16H,1-3H3. The number of hydrogen-bond donors (Lipinski definition) is 1. The van der Waals surface area contributed by atoms with Gasteiger partial charge in [0.15, 0.2) is 0 Å². The van der Waals surface area contributed by atoms with Crippen molar-refractivity contribution < 1.29 is 13.2 Å². The molecule has 2 aromatic rings. The molecule has 2 rings (SSSR count). The zero-order valence-corrected chi connectivity index (χ0v) is 12.5. The summed E-state index contributed by atoms with van der Waals surface area (Å²) in [5, 5.41) is 0. The molecule has 0 aliphatic heterocycles. The van der Waals surface area contributed by atoms with Crippen molar-refractivity contribution in [2.75, 3.05) is 11.8 Å². The molecule has 0 aromatic heterocycles. The van der Waals surface area contributed by atoms with Gasteiger partial charge in [0.05, 0.1) is 12.0 Å². The molecule has 0 amide bonds. The van der Waals surface area contributed by atoms with Crippen molar-refractivity contribution in [3.63, 3.8) is 0 Å². The molecule has 0 radical (unpaired) electrons. The van der Waals surface area contributed by atoms with E-state index in [1.807, 2.05) is 19.9 Å². The predicted octanol–water partition coefficient (Wildman–Crippen LogP) is 3.11. The smallest absolute Gasteiger partial charge is 0.261 e. The Morgan fingerprint density at radius 2 is 1.50 bits per heavy atom. The van der Waals surface area contributed by atoms with Gasteiger partial charge in [-0.3, -0.25) is 4.72 Å². The summed E-state index contributed by atoms with van der Waals surface area (Å²) >= 11 is 0. The van der Waals surface area contributed by atoms with E-state index in [9.17, 15) is 8.42 Å². The van der Waals surface area contributed by atoms with Crippen LogP contribution in [0.25, 0.3) is 0 Å². The van der Waals surface area contributed by atoms with Crippen LogP contribution in [0.15, 0.2) is 47.4 Å². The maximum atomic E-state index is 12.3. The Labute approximate surface area is 119 Å². The summed E-state index contributed by atoms with van der Waals surface area (Å²) in [6.45, 7) is 3.86. The first-order chi connectivity index (χ1) is 9.40. The first kappa shape index (κ1) is 14.4. The van der Waals surface area contributed by atoms with Gasteiger partial charge in [-0.15, -0.1) is 0 Å². The molecule has 0 saturated heterocycles. The Hall–Kier alpha value is -2.01. The van der Waals surface area contributed by atoms with E-state index in [0.717, 1.165) is 11.1 Å². The molecule has 0 aliphatic rings. The van der Waals surface area contributed by atoms with Gasteiger partial charge in [0.1, 0.15) is 5.75 Å². The third kappa shape index (κ3) is 3.30. The fraction of sp³-hybridized carbons (Fsp3) is 0.200. The van der Waals surface area contributed by atoms with E-state index in [-0.39, 0.29) is 4.90 Å². The van der Waals surface area contributed by atoms with Crippen LogP contribution in [0.2, 0.25) is 0 Å². The van der Waals surface area contributed by atoms with E-state index in [1.54, 1.807) is 24.3 Å². The fourth-order valence-electron chi connectivity index (χ4n) is 2.00. The predicted molar refractivity (Wildman–Crippen MR) is 79.7 cm³/mol. The van der Waals surface area contributed by atoms with Crippen molar-refractivity contribution in [2.45, 2.75) is 18.7 Å². The second kappa shape index (κ2) is 5.54. The highest BCUT2D eigenvalue weighted by atomic mass is 32.2. The lowest BCUT2D eigenvalue weighted by molar-refractivity contribution is 0.414. The molecule has 0 fully saturated rings. The molecular weight excluding hydrogens is 274 g/mol. The molecule has 0 atom stereocenters. The number of hydrogen-bond acceptors (Lipinski definition) is 3. The van der Waals surface area contributed by atoms with E-state index in [2.05, 4.69) is 4.72 Å². The van der Waals surface area contributed by atoms with Gasteiger partial charge in [-0.1, -0.05) is 6.07 Å². The van der Waals surface area contributed by atoms with E-state index >= 15 is 0 Å². The van der Waals surface area contributed by atoms with Gasteiger partial charge in [0.25, 0.3) is 10.0 Å². The molecule has 106 valence electrons. The third-order valence-corrected chi connectivity index (χ3v) is 4.24. The van der Waals surface area contributed by atoms with Crippen molar-refractivity contribution in [3.05, 3.63) is 53.6 Å². The van der Waals surface area contributed by atoms with Crippen LogP contribution in [-0.4, -0.2) is 15.5 Å². The van der Waals surface area contributed by atoms with E-state index in [0.29, 0.717) is 11.4 Å². The first-order valence-electron chi connectivity index (χ1n) is 6.16. The Morgan fingerprint density at radius 1 is 0.950 bits per heavy atom. The lowest BCUT2D eigenvalue weighted by atomic mass is 10.1. The summed E-state index contributed by atoms with van der Waals surface area (Å²) in [5.41, 5.74) is 2.59. The van der Waals surface area contributed by atoms with Crippen molar-refractivity contribution in [3.8, 4) is 5.75 Å². The van der Waals surface area contributed by atoms with Crippen LogP contribution < -0.4 is 9.46 Å². The second-order valence-electron chi connectivity index (χ2n) is 4.66. The third-order valence-electron chi connectivity index (χ3n) is 2.84. The molecule has 5 heteroatoms. The number of anilines is 1. The Balaban J connectivity index is 2.30. The number of nitrogens with one attached hydrogen (secondary N) is 1. The summed E-state index contributed by atoms with van der Waals surface area (Å²) in [6.07, 6.45) is 0. The van der Waals surface area contributed by atoms with Gasteiger partial charge in [0.2, 0.25) is 0 Å². The van der Waals surface area contributed by atoms with Gasteiger partial charge < -0.3 is 4.74 Å². The Bertz CT molecular complexity index is 686. The molecule has 1 N–H and O–H groups in total. The number of benzene rings is 2. The lowest BCUT2D eigenvalue weighted by Gasteiger charge is -2.10. The van der Waals surface area contributed by atoms with Gasteiger partial charge >= 0.3 is 0 Å². The maximum absolute atomic E-state index is 12.3. The van der Waals surface area contributed by atoms with Crippen LogP contribution in [0.4, 0.5) is 5.69 Å². The number of rotatable bonds is 4. The normalized spacial score (nSPS) is 11.2. The van der Waals surface area contributed by atoms with Crippen molar-refractivity contribution in [1.29, 1.82) is 0 Å². The highest BCUT2D eigenvalue weighted by Crippen LogP contribution is 2.20. The van der Waals surface area contributed by atoms with E-state index in [1.165, 1.54) is 19.2 Å². The monoisotopic (exact) mass is 291 g/mol. The molecule has 0 heterocycles. The fourth-order valence-corrected chi connectivity index (χ4v) is 3.04.